The number of amides is 1. The van der Waals surface area contributed by atoms with Gasteiger partial charge in [-0.25, -0.2) is 4.98 Å². The molecule has 2 aromatic carbocycles. The average molecular weight is 360 g/mol. The molecule has 0 spiro atoms. The van der Waals surface area contributed by atoms with Crippen LogP contribution in [0.15, 0.2) is 41.3 Å². The van der Waals surface area contributed by atoms with Crippen LogP contribution < -0.4 is 14.8 Å². The first-order chi connectivity index (χ1) is 11.7. The molecule has 1 N–H and O–H groups in total. The molecule has 1 amide bonds. The van der Waals surface area contributed by atoms with Crippen molar-refractivity contribution in [2.75, 3.05) is 25.8 Å². The predicted octanol–water partition coefficient (Wildman–Crippen LogP) is 4.29. The summed E-state index contributed by atoms with van der Waals surface area (Å²) >= 11 is 2.94. The molecule has 3 rings (SSSR count). The molecule has 3 aromatic rings. The van der Waals surface area contributed by atoms with E-state index in [9.17, 15) is 4.79 Å². The van der Waals surface area contributed by atoms with Crippen LogP contribution in [0.5, 0.6) is 11.5 Å². The van der Waals surface area contributed by atoms with Crippen LogP contribution in [0.2, 0.25) is 0 Å². The zero-order chi connectivity index (χ0) is 17.1. The first kappa shape index (κ1) is 16.6. The van der Waals surface area contributed by atoms with Crippen LogP contribution in [-0.2, 0) is 0 Å². The van der Waals surface area contributed by atoms with E-state index in [1.807, 2.05) is 30.5 Å². The van der Waals surface area contributed by atoms with Crippen molar-refractivity contribution in [3.05, 3.63) is 42.0 Å². The highest BCUT2D eigenvalue weighted by Gasteiger charge is 2.15. The normalized spacial score (nSPS) is 10.6. The van der Waals surface area contributed by atoms with Crippen molar-refractivity contribution in [1.29, 1.82) is 0 Å². The number of methoxy groups -OCH3 is 2. The van der Waals surface area contributed by atoms with Gasteiger partial charge in [0, 0.05) is 17.0 Å². The van der Waals surface area contributed by atoms with Gasteiger partial charge in [-0.05, 0) is 18.4 Å². The molecule has 0 unspecified atom stereocenters. The molecule has 0 fully saturated rings. The van der Waals surface area contributed by atoms with Gasteiger partial charge in [-0.15, -0.1) is 11.8 Å². The van der Waals surface area contributed by atoms with E-state index in [0.29, 0.717) is 22.2 Å². The number of thioether (sulfide) groups is 1. The molecule has 24 heavy (non-hydrogen) atoms. The lowest BCUT2D eigenvalue weighted by Crippen LogP contribution is -2.12. The molecule has 1 heterocycles. The van der Waals surface area contributed by atoms with E-state index in [2.05, 4.69) is 10.3 Å². The number of fused-ring (bicyclic) bond motifs is 1. The molecule has 0 aliphatic heterocycles. The van der Waals surface area contributed by atoms with Gasteiger partial charge in [0.1, 0.15) is 0 Å². The molecule has 0 radical (unpaired) electrons. The van der Waals surface area contributed by atoms with E-state index in [1.54, 1.807) is 26.4 Å². The summed E-state index contributed by atoms with van der Waals surface area (Å²) in [6, 6.07) is 11.2. The molecule has 0 aliphatic carbocycles. The summed E-state index contributed by atoms with van der Waals surface area (Å²) in [5.74, 6) is 1.08. The number of carbonyl (C=O) groups excluding carboxylic acids is 1. The second-order valence-electron chi connectivity index (χ2n) is 4.85. The Hall–Kier alpha value is -2.25. The van der Waals surface area contributed by atoms with Crippen LogP contribution in [0.4, 0.5) is 5.13 Å². The molecule has 0 saturated heterocycles. The molecule has 0 saturated carbocycles. The van der Waals surface area contributed by atoms with Gasteiger partial charge in [0.05, 0.1) is 30.0 Å². The van der Waals surface area contributed by atoms with E-state index in [1.165, 1.54) is 23.1 Å². The summed E-state index contributed by atoms with van der Waals surface area (Å²) in [4.78, 5) is 17.9. The van der Waals surface area contributed by atoms with Gasteiger partial charge in [0.2, 0.25) is 0 Å². The summed E-state index contributed by atoms with van der Waals surface area (Å²) in [5, 5.41) is 3.41. The Morgan fingerprint density at radius 1 is 1.17 bits per heavy atom. The second kappa shape index (κ2) is 7.11. The van der Waals surface area contributed by atoms with Crippen LogP contribution in [0.25, 0.3) is 10.2 Å². The Kier molecular flexibility index (Phi) is 4.92. The van der Waals surface area contributed by atoms with Crippen LogP contribution >= 0.6 is 23.1 Å². The van der Waals surface area contributed by atoms with Crippen LogP contribution in [-0.4, -0.2) is 31.4 Å². The topological polar surface area (TPSA) is 60.5 Å². The van der Waals surface area contributed by atoms with Crippen LogP contribution in [0, 0.1) is 0 Å². The number of nitrogens with one attached hydrogen (secondary N) is 1. The van der Waals surface area contributed by atoms with E-state index >= 15 is 0 Å². The minimum Gasteiger partial charge on any atom is -0.493 e. The third-order valence-corrected chi connectivity index (χ3v) is 5.20. The highest BCUT2D eigenvalue weighted by atomic mass is 32.2. The van der Waals surface area contributed by atoms with Crippen molar-refractivity contribution >= 4 is 44.4 Å². The summed E-state index contributed by atoms with van der Waals surface area (Å²) in [5.41, 5.74) is 1.39. The fourth-order valence-corrected chi connectivity index (χ4v) is 3.77. The number of nitrogens with zero attached hydrogens (tertiary/aromatic N) is 1. The molecule has 0 bridgehead atoms. The summed E-state index contributed by atoms with van der Waals surface area (Å²) < 4.78 is 11.5. The summed E-state index contributed by atoms with van der Waals surface area (Å²) in [6.45, 7) is 0. The predicted molar refractivity (Wildman–Crippen MR) is 98.9 cm³/mol. The molecule has 0 aliphatic rings. The Morgan fingerprint density at radius 3 is 2.58 bits per heavy atom. The maximum atomic E-state index is 12.5. The largest absolute Gasteiger partial charge is 0.493 e. The Morgan fingerprint density at radius 2 is 1.88 bits per heavy atom. The number of benzene rings is 2. The van der Waals surface area contributed by atoms with Gasteiger partial charge in [0.25, 0.3) is 5.91 Å². The SMILES string of the molecule is COc1cc2nc(NC(=O)c3ccccc3SC)sc2cc1OC. The van der Waals surface area contributed by atoms with Crippen molar-refractivity contribution in [1.82, 2.24) is 4.98 Å². The standard InChI is InChI=1S/C17H16N2O3S2/c1-21-12-8-11-15(9-13(12)22-2)24-17(18-11)19-16(20)10-6-4-5-7-14(10)23-3/h4-9H,1-3H3,(H,18,19,20). The van der Waals surface area contributed by atoms with Crippen molar-refractivity contribution < 1.29 is 14.3 Å². The van der Waals surface area contributed by atoms with E-state index in [4.69, 9.17) is 9.47 Å². The number of aromatic nitrogens is 1. The highest BCUT2D eigenvalue weighted by Crippen LogP contribution is 2.36. The monoisotopic (exact) mass is 360 g/mol. The fraction of sp³-hybridized carbons (Fsp3) is 0.176. The minimum absolute atomic E-state index is 0.169. The Labute approximate surface area is 148 Å². The third kappa shape index (κ3) is 3.18. The lowest BCUT2D eigenvalue weighted by atomic mass is 10.2. The first-order valence-electron chi connectivity index (χ1n) is 7.13. The molecule has 5 nitrogen and oxygen atoms in total. The minimum atomic E-state index is -0.169. The fourth-order valence-electron chi connectivity index (χ4n) is 2.31. The van der Waals surface area contributed by atoms with Gasteiger partial charge >= 0.3 is 0 Å². The van der Waals surface area contributed by atoms with Gasteiger partial charge < -0.3 is 9.47 Å². The number of anilines is 1. The van der Waals surface area contributed by atoms with Gasteiger partial charge in [0.15, 0.2) is 16.6 Å². The molecule has 0 atom stereocenters. The van der Waals surface area contributed by atoms with Gasteiger partial charge in [-0.1, -0.05) is 23.5 Å². The maximum Gasteiger partial charge on any atom is 0.258 e. The highest BCUT2D eigenvalue weighted by molar-refractivity contribution is 7.98. The summed E-state index contributed by atoms with van der Waals surface area (Å²) in [6.07, 6.45) is 1.95. The van der Waals surface area contributed by atoms with Gasteiger partial charge in [-0.2, -0.15) is 0 Å². The van der Waals surface area contributed by atoms with E-state index < -0.39 is 0 Å². The quantitative estimate of drug-likeness (QED) is 0.688. The molecular formula is C17H16N2O3S2. The third-order valence-electron chi connectivity index (χ3n) is 3.47. The number of thiazole rings is 1. The lowest BCUT2D eigenvalue weighted by Gasteiger charge is -2.06. The number of hydrogen-bond donors (Lipinski definition) is 1. The average Bonchev–Trinajstić information content (AvgIpc) is 3.01. The molecule has 124 valence electrons. The maximum absolute atomic E-state index is 12.5. The Bertz CT molecular complexity index is 852. The van der Waals surface area contributed by atoms with Crippen LogP contribution in [0.3, 0.4) is 0 Å². The molecular weight excluding hydrogens is 344 g/mol. The van der Waals surface area contributed by atoms with Crippen molar-refractivity contribution in [3.63, 3.8) is 0 Å². The molecule has 1 aromatic heterocycles. The first-order valence-corrected chi connectivity index (χ1v) is 9.17. The lowest BCUT2D eigenvalue weighted by molar-refractivity contribution is 0.102. The zero-order valence-electron chi connectivity index (χ0n) is 13.5. The van der Waals surface area contributed by atoms with E-state index in [-0.39, 0.29) is 5.91 Å². The van der Waals surface area contributed by atoms with Crippen molar-refractivity contribution in [2.45, 2.75) is 4.90 Å². The Balaban J connectivity index is 1.91. The number of rotatable bonds is 5. The summed E-state index contributed by atoms with van der Waals surface area (Å²) in [7, 11) is 3.17. The number of hydrogen-bond acceptors (Lipinski definition) is 6. The van der Waals surface area contributed by atoms with Crippen molar-refractivity contribution in [3.8, 4) is 11.5 Å². The smallest absolute Gasteiger partial charge is 0.258 e. The second-order valence-corrected chi connectivity index (χ2v) is 6.73. The number of ether oxygens (including phenoxy) is 2. The van der Waals surface area contributed by atoms with Gasteiger partial charge in [-0.3, -0.25) is 10.1 Å². The molecule has 7 heteroatoms. The van der Waals surface area contributed by atoms with Crippen molar-refractivity contribution in [2.24, 2.45) is 0 Å². The number of carbonyl (C=O) groups is 1. The van der Waals surface area contributed by atoms with Crippen LogP contribution in [0.1, 0.15) is 10.4 Å². The zero-order valence-corrected chi connectivity index (χ0v) is 15.1. The van der Waals surface area contributed by atoms with E-state index in [0.717, 1.165) is 15.1 Å².